The molecule has 0 saturated heterocycles. The third kappa shape index (κ3) is 3.61. The van der Waals surface area contributed by atoms with E-state index in [1.54, 1.807) is 6.92 Å². The summed E-state index contributed by atoms with van der Waals surface area (Å²) in [6.07, 6.45) is -0.338. The fourth-order valence-electron chi connectivity index (χ4n) is 2.96. The van der Waals surface area contributed by atoms with Gasteiger partial charge in [0.25, 0.3) is 0 Å². The first-order chi connectivity index (χ1) is 8.79. The summed E-state index contributed by atoms with van der Waals surface area (Å²) in [5, 5.41) is 0. The monoisotopic (exact) mass is 278 g/mol. The van der Waals surface area contributed by atoms with Crippen molar-refractivity contribution in [3.63, 3.8) is 0 Å². The Balaban J connectivity index is 2.09. The molecule has 19 heavy (non-hydrogen) atoms. The van der Waals surface area contributed by atoms with Crippen LogP contribution in [-0.4, -0.2) is 35.6 Å². The third-order valence-corrected chi connectivity index (χ3v) is 4.32. The maximum Gasteiger partial charge on any atom is 0.406 e. The molecule has 0 aromatic carbocycles. The van der Waals surface area contributed by atoms with Crippen molar-refractivity contribution in [1.82, 2.24) is 4.90 Å². The quantitative estimate of drug-likeness (QED) is 0.857. The first-order valence-corrected chi connectivity index (χ1v) is 6.92. The summed E-state index contributed by atoms with van der Waals surface area (Å²) in [5.41, 5.74) is 5.84. The Kier molecular flexibility index (Phi) is 4.08. The molecule has 0 bridgehead atoms. The fourth-order valence-corrected chi connectivity index (χ4v) is 2.96. The molecule has 3 nitrogen and oxygen atoms in total. The van der Waals surface area contributed by atoms with Gasteiger partial charge in [0.2, 0.25) is 5.91 Å². The van der Waals surface area contributed by atoms with E-state index in [4.69, 9.17) is 5.73 Å². The van der Waals surface area contributed by atoms with Gasteiger partial charge in [-0.15, -0.1) is 0 Å². The largest absolute Gasteiger partial charge is 0.406 e. The van der Waals surface area contributed by atoms with Crippen molar-refractivity contribution in [1.29, 1.82) is 0 Å². The van der Waals surface area contributed by atoms with Crippen molar-refractivity contribution in [3.8, 4) is 0 Å². The summed E-state index contributed by atoms with van der Waals surface area (Å²) in [5.74, 6) is -0.603. The highest BCUT2D eigenvalue weighted by Gasteiger charge is 2.43. The smallest absolute Gasteiger partial charge is 0.330 e. The molecule has 0 aliphatic heterocycles. The first-order valence-electron chi connectivity index (χ1n) is 6.92. The molecule has 0 radical (unpaired) electrons. The van der Waals surface area contributed by atoms with Crippen LogP contribution in [0.15, 0.2) is 0 Å². The molecule has 2 aliphatic rings. The zero-order chi connectivity index (χ0) is 14.2. The molecule has 2 N–H and O–H groups in total. The second kappa shape index (κ2) is 5.31. The summed E-state index contributed by atoms with van der Waals surface area (Å²) < 4.78 is 38.0. The molecule has 2 fully saturated rings. The minimum Gasteiger partial charge on any atom is -0.330 e. The average Bonchev–Trinajstić information content (AvgIpc) is 3.06. The Morgan fingerprint density at radius 2 is 1.95 bits per heavy atom. The van der Waals surface area contributed by atoms with E-state index < -0.39 is 24.5 Å². The number of hydrogen-bond acceptors (Lipinski definition) is 2. The van der Waals surface area contributed by atoms with Crippen LogP contribution in [0.3, 0.4) is 0 Å². The molecule has 0 aromatic rings. The molecular formula is C13H21F3N2O. The van der Waals surface area contributed by atoms with Crippen LogP contribution in [0.2, 0.25) is 0 Å². The number of nitrogens with two attached hydrogens (primary N) is 1. The van der Waals surface area contributed by atoms with Gasteiger partial charge in [0.1, 0.15) is 6.54 Å². The number of halogens is 3. The van der Waals surface area contributed by atoms with Gasteiger partial charge in [-0.2, -0.15) is 13.2 Å². The van der Waals surface area contributed by atoms with Gasteiger partial charge in [-0.1, -0.05) is 6.42 Å². The van der Waals surface area contributed by atoms with E-state index in [0.29, 0.717) is 6.42 Å². The molecule has 0 spiro atoms. The predicted octanol–water partition coefficient (Wildman–Crippen LogP) is 2.30. The summed E-state index contributed by atoms with van der Waals surface area (Å²) in [6.45, 7) is 0.578. The molecule has 6 heteroatoms. The number of carbonyl (C=O) groups excluding carboxylic acids is 1. The van der Waals surface area contributed by atoms with Gasteiger partial charge in [-0.3, -0.25) is 4.79 Å². The normalized spacial score (nSPS) is 29.3. The van der Waals surface area contributed by atoms with E-state index in [0.717, 1.165) is 30.6 Å². The maximum absolute atomic E-state index is 12.7. The van der Waals surface area contributed by atoms with E-state index in [1.807, 2.05) is 0 Å². The van der Waals surface area contributed by atoms with Gasteiger partial charge in [-0.25, -0.2) is 0 Å². The van der Waals surface area contributed by atoms with Gasteiger partial charge in [0.05, 0.1) is 5.92 Å². The molecule has 2 saturated carbocycles. The second-order valence-electron chi connectivity index (χ2n) is 5.86. The van der Waals surface area contributed by atoms with Crippen LogP contribution < -0.4 is 5.73 Å². The van der Waals surface area contributed by atoms with Crippen molar-refractivity contribution in [2.24, 2.45) is 17.6 Å². The van der Waals surface area contributed by atoms with Crippen LogP contribution in [-0.2, 0) is 4.79 Å². The van der Waals surface area contributed by atoms with Crippen LogP contribution in [0.4, 0.5) is 13.2 Å². The van der Waals surface area contributed by atoms with Crippen molar-refractivity contribution in [2.75, 3.05) is 6.54 Å². The molecule has 0 aromatic heterocycles. The highest BCUT2D eigenvalue weighted by Crippen LogP contribution is 2.37. The lowest BCUT2D eigenvalue weighted by atomic mass is 10.0. The van der Waals surface area contributed by atoms with E-state index in [9.17, 15) is 18.0 Å². The van der Waals surface area contributed by atoms with Gasteiger partial charge in [-0.05, 0) is 38.5 Å². The zero-order valence-corrected chi connectivity index (χ0v) is 11.1. The molecule has 2 rings (SSSR count). The van der Waals surface area contributed by atoms with Crippen LogP contribution in [0.5, 0.6) is 0 Å². The topological polar surface area (TPSA) is 46.3 Å². The molecule has 2 aliphatic carbocycles. The van der Waals surface area contributed by atoms with Crippen LogP contribution >= 0.6 is 0 Å². The third-order valence-electron chi connectivity index (χ3n) is 4.32. The Morgan fingerprint density at radius 3 is 2.37 bits per heavy atom. The Morgan fingerprint density at radius 1 is 1.32 bits per heavy atom. The standard InChI is InChI=1S/C13H21F3N2O/c1-8(9-5-6-9)18(7-13(14,15)16)12(19)10-3-2-4-11(10)17/h8-11H,2-7,17H2,1H3. The molecule has 3 unspecified atom stereocenters. The van der Waals surface area contributed by atoms with Crippen molar-refractivity contribution in [2.45, 2.75) is 57.3 Å². The number of amides is 1. The molecular weight excluding hydrogens is 257 g/mol. The number of alkyl halides is 3. The molecule has 110 valence electrons. The maximum atomic E-state index is 12.7. The number of hydrogen-bond donors (Lipinski definition) is 1. The molecule has 0 heterocycles. The SMILES string of the molecule is CC(C1CC1)N(CC(F)(F)F)C(=O)C1CCCC1N. The Hall–Kier alpha value is -0.780. The van der Waals surface area contributed by atoms with Crippen molar-refractivity contribution >= 4 is 5.91 Å². The van der Waals surface area contributed by atoms with Gasteiger partial charge < -0.3 is 10.6 Å². The van der Waals surface area contributed by atoms with Gasteiger partial charge >= 0.3 is 6.18 Å². The van der Waals surface area contributed by atoms with Gasteiger partial charge in [0, 0.05) is 12.1 Å². The van der Waals surface area contributed by atoms with Crippen LogP contribution in [0, 0.1) is 11.8 Å². The lowest BCUT2D eigenvalue weighted by molar-refractivity contribution is -0.168. The minimum atomic E-state index is -4.35. The highest BCUT2D eigenvalue weighted by molar-refractivity contribution is 5.80. The summed E-state index contributed by atoms with van der Waals surface area (Å²) in [7, 11) is 0. The highest BCUT2D eigenvalue weighted by atomic mass is 19.4. The predicted molar refractivity (Wildman–Crippen MR) is 65.3 cm³/mol. The lowest BCUT2D eigenvalue weighted by Gasteiger charge is -2.33. The number of rotatable bonds is 4. The fraction of sp³-hybridized carbons (Fsp3) is 0.923. The van der Waals surface area contributed by atoms with Gasteiger partial charge in [0.15, 0.2) is 0 Å². The summed E-state index contributed by atoms with van der Waals surface area (Å²) >= 11 is 0. The minimum absolute atomic E-state index is 0.226. The number of nitrogens with zero attached hydrogens (tertiary/aromatic N) is 1. The molecule has 3 atom stereocenters. The lowest BCUT2D eigenvalue weighted by Crippen LogP contribution is -2.50. The zero-order valence-electron chi connectivity index (χ0n) is 11.1. The van der Waals surface area contributed by atoms with E-state index in [2.05, 4.69) is 0 Å². The Labute approximate surface area is 111 Å². The van der Waals surface area contributed by atoms with Crippen LogP contribution in [0.1, 0.15) is 39.0 Å². The second-order valence-corrected chi connectivity index (χ2v) is 5.86. The molecule has 1 amide bonds. The van der Waals surface area contributed by atoms with E-state index >= 15 is 0 Å². The number of carbonyl (C=O) groups is 1. The van der Waals surface area contributed by atoms with Crippen molar-refractivity contribution < 1.29 is 18.0 Å². The van der Waals surface area contributed by atoms with E-state index in [-0.39, 0.29) is 18.0 Å². The Bertz CT molecular complexity index is 341. The summed E-state index contributed by atoms with van der Waals surface area (Å²) in [4.78, 5) is 13.4. The summed E-state index contributed by atoms with van der Waals surface area (Å²) in [6, 6.07) is -0.614. The van der Waals surface area contributed by atoms with E-state index in [1.165, 1.54) is 0 Å². The van der Waals surface area contributed by atoms with Crippen molar-refractivity contribution in [3.05, 3.63) is 0 Å². The van der Waals surface area contributed by atoms with Crippen LogP contribution in [0.25, 0.3) is 0 Å². The first kappa shape index (κ1) is 14.6. The average molecular weight is 278 g/mol.